The minimum absolute atomic E-state index is 0.0616. The number of H-pyrrole nitrogens is 1. The average molecular weight is 168 g/mol. The molecule has 0 aromatic carbocycles. The topological polar surface area (TPSA) is 79.1 Å². The molecule has 4 N–H and O–H groups in total. The average Bonchev–Trinajstić information content (AvgIpc) is 2.03. The Labute approximate surface area is 70.0 Å². The highest BCUT2D eigenvalue weighted by molar-refractivity contribution is 5.16. The summed E-state index contributed by atoms with van der Waals surface area (Å²) in [6.45, 7) is 1.84. The highest BCUT2D eigenvalue weighted by Crippen LogP contribution is 2.04. The standard InChI is InChI=1S/C8H12N2O2/c1-5-2-3-6(7(11)4-9)8(12)10-5/h2-3,7,11H,4,9H2,1H3,(H,10,12). The summed E-state index contributed by atoms with van der Waals surface area (Å²) >= 11 is 0. The van der Waals surface area contributed by atoms with Crippen LogP contribution < -0.4 is 11.3 Å². The lowest BCUT2D eigenvalue weighted by Gasteiger charge is -2.06. The first-order chi connectivity index (χ1) is 5.65. The Bertz CT molecular complexity index is 319. The van der Waals surface area contributed by atoms with Crippen LogP contribution in [0.1, 0.15) is 17.4 Å². The summed E-state index contributed by atoms with van der Waals surface area (Å²) in [6, 6.07) is 3.32. The summed E-state index contributed by atoms with van der Waals surface area (Å²) in [5, 5.41) is 9.26. The molecule has 0 aliphatic rings. The molecule has 4 heteroatoms. The number of aliphatic hydroxyl groups excluding tert-OH is 1. The minimum Gasteiger partial charge on any atom is -0.387 e. The van der Waals surface area contributed by atoms with Gasteiger partial charge in [0, 0.05) is 17.8 Å². The van der Waals surface area contributed by atoms with E-state index in [0.717, 1.165) is 5.69 Å². The maximum Gasteiger partial charge on any atom is 0.254 e. The third-order valence-corrected chi connectivity index (χ3v) is 1.67. The van der Waals surface area contributed by atoms with E-state index in [1.807, 2.05) is 0 Å². The number of hydrogen-bond acceptors (Lipinski definition) is 3. The molecular weight excluding hydrogens is 156 g/mol. The van der Waals surface area contributed by atoms with E-state index in [9.17, 15) is 9.90 Å². The quantitative estimate of drug-likeness (QED) is 0.566. The Morgan fingerprint density at radius 1 is 1.67 bits per heavy atom. The van der Waals surface area contributed by atoms with Crippen molar-refractivity contribution in [3.8, 4) is 0 Å². The molecule has 0 saturated carbocycles. The highest BCUT2D eigenvalue weighted by atomic mass is 16.3. The zero-order valence-corrected chi connectivity index (χ0v) is 6.87. The van der Waals surface area contributed by atoms with E-state index in [2.05, 4.69) is 4.98 Å². The molecule has 0 spiro atoms. The van der Waals surface area contributed by atoms with E-state index in [1.54, 1.807) is 19.1 Å². The smallest absolute Gasteiger partial charge is 0.254 e. The van der Waals surface area contributed by atoms with Crippen LogP contribution in [-0.2, 0) is 0 Å². The van der Waals surface area contributed by atoms with Crippen molar-refractivity contribution in [2.24, 2.45) is 5.73 Å². The fraction of sp³-hybridized carbons (Fsp3) is 0.375. The molecule has 1 heterocycles. The molecule has 0 saturated heterocycles. The van der Waals surface area contributed by atoms with Gasteiger partial charge >= 0.3 is 0 Å². The zero-order valence-electron chi connectivity index (χ0n) is 6.87. The molecule has 0 aliphatic heterocycles. The lowest BCUT2D eigenvalue weighted by Crippen LogP contribution is -2.21. The van der Waals surface area contributed by atoms with E-state index in [4.69, 9.17) is 5.73 Å². The van der Waals surface area contributed by atoms with Crippen LogP contribution in [0.2, 0.25) is 0 Å². The van der Waals surface area contributed by atoms with E-state index < -0.39 is 6.10 Å². The first-order valence-corrected chi connectivity index (χ1v) is 3.73. The second-order valence-electron chi connectivity index (χ2n) is 2.68. The Morgan fingerprint density at radius 3 is 2.83 bits per heavy atom. The molecule has 1 unspecified atom stereocenters. The molecule has 0 amide bonds. The van der Waals surface area contributed by atoms with E-state index >= 15 is 0 Å². The Morgan fingerprint density at radius 2 is 2.33 bits per heavy atom. The van der Waals surface area contributed by atoms with Crippen molar-refractivity contribution < 1.29 is 5.11 Å². The monoisotopic (exact) mass is 168 g/mol. The second kappa shape index (κ2) is 3.51. The van der Waals surface area contributed by atoms with E-state index in [1.165, 1.54) is 0 Å². The van der Waals surface area contributed by atoms with Crippen molar-refractivity contribution in [1.29, 1.82) is 0 Å². The lowest BCUT2D eigenvalue weighted by atomic mass is 10.1. The van der Waals surface area contributed by atoms with Crippen molar-refractivity contribution in [2.45, 2.75) is 13.0 Å². The number of pyridine rings is 1. The number of rotatable bonds is 2. The van der Waals surface area contributed by atoms with Gasteiger partial charge in [-0.1, -0.05) is 0 Å². The highest BCUT2D eigenvalue weighted by Gasteiger charge is 2.08. The Balaban J connectivity index is 3.10. The number of aromatic nitrogens is 1. The van der Waals surface area contributed by atoms with Crippen LogP contribution in [0.15, 0.2) is 16.9 Å². The molecule has 0 fully saturated rings. The van der Waals surface area contributed by atoms with Crippen molar-refractivity contribution in [3.05, 3.63) is 33.7 Å². The summed E-state index contributed by atoms with van der Waals surface area (Å²) in [4.78, 5) is 13.8. The lowest BCUT2D eigenvalue weighted by molar-refractivity contribution is 0.185. The molecule has 1 aromatic heterocycles. The second-order valence-corrected chi connectivity index (χ2v) is 2.68. The van der Waals surface area contributed by atoms with Gasteiger partial charge < -0.3 is 15.8 Å². The Hall–Kier alpha value is -1.13. The van der Waals surface area contributed by atoms with Gasteiger partial charge in [-0.05, 0) is 19.1 Å². The van der Waals surface area contributed by atoms with Crippen molar-refractivity contribution in [1.82, 2.24) is 4.98 Å². The number of aliphatic hydroxyl groups is 1. The van der Waals surface area contributed by atoms with Crippen molar-refractivity contribution >= 4 is 0 Å². The van der Waals surface area contributed by atoms with Crippen molar-refractivity contribution in [3.63, 3.8) is 0 Å². The summed E-state index contributed by atoms with van der Waals surface area (Å²) in [5.74, 6) is 0. The van der Waals surface area contributed by atoms with Gasteiger partial charge in [0.05, 0.1) is 6.10 Å². The van der Waals surface area contributed by atoms with Crippen LogP contribution in [0, 0.1) is 6.92 Å². The number of hydrogen-bond donors (Lipinski definition) is 3. The van der Waals surface area contributed by atoms with Gasteiger partial charge in [0.2, 0.25) is 0 Å². The number of aryl methyl sites for hydroxylation is 1. The molecule has 1 atom stereocenters. The van der Waals surface area contributed by atoms with Crippen LogP contribution >= 0.6 is 0 Å². The minimum atomic E-state index is -0.866. The van der Waals surface area contributed by atoms with Crippen LogP contribution in [0.4, 0.5) is 0 Å². The van der Waals surface area contributed by atoms with Gasteiger partial charge in [-0.25, -0.2) is 0 Å². The van der Waals surface area contributed by atoms with Gasteiger partial charge in [0.1, 0.15) is 0 Å². The van der Waals surface area contributed by atoms with E-state index in [0.29, 0.717) is 5.56 Å². The van der Waals surface area contributed by atoms with Crippen LogP contribution in [0.3, 0.4) is 0 Å². The Kier molecular flexibility index (Phi) is 2.62. The summed E-state index contributed by atoms with van der Waals surface area (Å²) in [7, 11) is 0. The molecule has 4 nitrogen and oxygen atoms in total. The van der Waals surface area contributed by atoms with Crippen LogP contribution in [0.25, 0.3) is 0 Å². The van der Waals surface area contributed by atoms with Crippen LogP contribution in [0.5, 0.6) is 0 Å². The van der Waals surface area contributed by atoms with Crippen molar-refractivity contribution in [2.75, 3.05) is 6.54 Å². The van der Waals surface area contributed by atoms with Gasteiger partial charge in [0.25, 0.3) is 5.56 Å². The van der Waals surface area contributed by atoms with Gasteiger partial charge in [-0.2, -0.15) is 0 Å². The number of nitrogens with two attached hydrogens (primary N) is 1. The van der Waals surface area contributed by atoms with Gasteiger partial charge in [-0.3, -0.25) is 4.79 Å². The first kappa shape index (κ1) is 8.96. The summed E-state index contributed by atoms with van der Waals surface area (Å²) in [5.41, 5.74) is 6.03. The first-order valence-electron chi connectivity index (χ1n) is 3.73. The fourth-order valence-corrected chi connectivity index (χ4v) is 0.973. The molecule has 0 bridgehead atoms. The zero-order chi connectivity index (χ0) is 9.14. The maximum absolute atomic E-state index is 11.2. The molecular formula is C8H12N2O2. The number of aromatic amines is 1. The molecule has 1 aromatic rings. The number of nitrogens with one attached hydrogen (secondary N) is 1. The predicted octanol–water partition coefficient (Wildman–Crippen LogP) is -0.325. The molecule has 0 aliphatic carbocycles. The third-order valence-electron chi connectivity index (χ3n) is 1.67. The van der Waals surface area contributed by atoms with Gasteiger partial charge in [-0.15, -0.1) is 0 Å². The normalized spacial score (nSPS) is 12.9. The molecule has 12 heavy (non-hydrogen) atoms. The van der Waals surface area contributed by atoms with E-state index in [-0.39, 0.29) is 12.1 Å². The summed E-state index contributed by atoms with van der Waals surface area (Å²) in [6.07, 6.45) is -0.866. The molecule has 66 valence electrons. The molecule has 1 rings (SSSR count). The largest absolute Gasteiger partial charge is 0.387 e. The van der Waals surface area contributed by atoms with Gasteiger partial charge in [0.15, 0.2) is 0 Å². The summed E-state index contributed by atoms with van der Waals surface area (Å²) < 4.78 is 0. The maximum atomic E-state index is 11.2. The molecule has 0 radical (unpaired) electrons. The SMILES string of the molecule is Cc1ccc(C(O)CN)c(=O)[nH]1. The third kappa shape index (κ3) is 1.72. The van der Waals surface area contributed by atoms with Crippen LogP contribution in [-0.4, -0.2) is 16.6 Å². The predicted molar refractivity (Wildman–Crippen MR) is 45.8 cm³/mol. The fourth-order valence-electron chi connectivity index (χ4n) is 0.973.